The quantitative estimate of drug-likeness (QED) is 0.436. The maximum absolute atomic E-state index is 13.4. The molecule has 3 rings (SSSR count). The van der Waals surface area contributed by atoms with E-state index in [4.69, 9.17) is 9.26 Å². The van der Waals surface area contributed by atoms with Gasteiger partial charge in [0.2, 0.25) is 0 Å². The molecule has 166 valence electrons. The number of likely N-dealkylation sites (tertiary alicyclic amines) is 1. The van der Waals surface area contributed by atoms with Gasteiger partial charge in [-0.25, -0.2) is 0 Å². The Labute approximate surface area is 187 Å². The van der Waals surface area contributed by atoms with Gasteiger partial charge in [0.25, 0.3) is 5.91 Å². The molecule has 6 heteroatoms. The number of benzene rings is 2. The second kappa shape index (κ2) is 9.36. The van der Waals surface area contributed by atoms with Crippen LogP contribution in [0.25, 0.3) is 11.1 Å². The van der Waals surface area contributed by atoms with Gasteiger partial charge in [-0.15, -0.1) is 0 Å². The third-order valence-corrected chi connectivity index (χ3v) is 10.9. The first-order valence-corrected chi connectivity index (χ1v) is 13.7. The van der Waals surface area contributed by atoms with Gasteiger partial charge in [-0.05, 0) is 41.4 Å². The molecule has 1 atom stereocenters. The molecule has 0 spiro atoms. The SMILES string of the molecule is CO/N=C1\C[C@@H](CO[Si](C)(C)C(C)(C)C)N(C(=O)c2ccc(-c3ccccc3)cc2)C1. The van der Waals surface area contributed by atoms with Crippen LogP contribution in [0.15, 0.2) is 59.8 Å². The number of hydrogen-bond acceptors (Lipinski definition) is 4. The molecule has 0 bridgehead atoms. The van der Waals surface area contributed by atoms with Crippen molar-refractivity contribution in [2.75, 3.05) is 20.3 Å². The minimum absolute atomic E-state index is 0.00439. The summed E-state index contributed by atoms with van der Waals surface area (Å²) in [5.41, 5.74) is 3.78. The molecule has 1 aliphatic rings. The van der Waals surface area contributed by atoms with E-state index in [0.717, 1.165) is 16.8 Å². The van der Waals surface area contributed by atoms with Crippen LogP contribution in [0.5, 0.6) is 0 Å². The van der Waals surface area contributed by atoms with Gasteiger partial charge in [0.15, 0.2) is 8.32 Å². The zero-order valence-corrected chi connectivity index (χ0v) is 20.5. The molecule has 5 nitrogen and oxygen atoms in total. The molecule has 0 aliphatic carbocycles. The molecule has 2 aromatic rings. The Morgan fingerprint density at radius 1 is 1.06 bits per heavy atom. The van der Waals surface area contributed by atoms with Crippen LogP contribution in [0.4, 0.5) is 0 Å². The lowest BCUT2D eigenvalue weighted by Crippen LogP contribution is -2.46. The second-order valence-corrected chi connectivity index (χ2v) is 14.5. The van der Waals surface area contributed by atoms with Gasteiger partial charge >= 0.3 is 0 Å². The Balaban J connectivity index is 1.77. The number of carbonyl (C=O) groups excluding carboxylic acids is 1. The van der Waals surface area contributed by atoms with Crippen molar-refractivity contribution >= 4 is 19.9 Å². The average molecular weight is 439 g/mol. The number of rotatable bonds is 6. The molecule has 0 aromatic heterocycles. The summed E-state index contributed by atoms with van der Waals surface area (Å²) in [5, 5.41) is 4.25. The smallest absolute Gasteiger partial charge is 0.254 e. The number of amides is 1. The van der Waals surface area contributed by atoms with Crippen molar-refractivity contribution in [3.8, 4) is 11.1 Å². The van der Waals surface area contributed by atoms with Crippen molar-refractivity contribution in [1.29, 1.82) is 0 Å². The van der Waals surface area contributed by atoms with Crippen LogP contribution in [0.3, 0.4) is 0 Å². The highest BCUT2D eigenvalue weighted by Crippen LogP contribution is 2.37. The highest BCUT2D eigenvalue weighted by Gasteiger charge is 2.40. The number of oxime groups is 1. The van der Waals surface area contributed by atoms with E-state index in [1.54, 1.807) is 7.11 Å². The predicted molar refractivity (Wildman–Crippen MR) is 129 cm³/mol. The molecule has 1 amide bonds. The molecule has 1 heterocycles. The number of nitrogens with zero attached hydrogens (tertiary/aromatic N) is 2. The van der Waals surface area contributed by atoms with Crippen molar-refractivity contribution in [3.05, 3.63) is 60.2 Å². The normalized spacial score (nSPS) is 18.5. The summed E-state index contributed by atoms with van der Waals surface area (Å²) in [6.07, 6.45) is 0.677. The summed E-state index contributed by atoms with van der Waals surface area (Å²) < 4.78 is 6.45. The van der Waals surface area contributed by atoms with E-state index in [1.807, 2.05) is 47.4 Å². The fourth-order valence-corrected chi connectivity index (χ4v) is 4.52. The molecule has 0 N–H and O–H groups in total. The standard InChI is InChI=1S/C25H34N2O3Si/c1-25(2,3)31(5,6)30-18-23-16-22(26-29-4)17-27(23)24(28)21-14-12-20(13-15-21)19-10-8-7-9-11-19/h7-15,23H,16-18H2,1-6H3/b26-22+/t23-/m0/s1. The first-order valence-electron chi connectivity index (χ1n) is 10.8. The van der Waals surface area contributed by atoms with Crippen LogP contribution in [0, 0.1) is 0 Å². The molecule has 1 saturated heterocycles. The summed E-state index contributed by atoms with van der Waals surface area (Å²) in [7, 11) is -0.368. The Kier molecular flexibility index (Phi) is 7.02. The summed E-state index contributed by atoms with van der Waals surface area (Å²) in [5.74, 6) is 0.00439. The highest BCUT2D eigenvalue weighted by molar-refractivity contribution is 6.74. The zero-order valence-electron chi connectivity index (χ0n) is 19.5. The Morgan fingerprint density at radius 3 is 2.26 bits per heavy atom. The first-order chi connectivity index (χ1) is 14.6. The lowest BCUT2D eigenvalue weighted by molar-refractivity contribution is 0.0686. The van der Waals surface area contributed by atoms with Crippen molar-refractivity contribution in [2.45, 2.75) is 51.4 Å². The topological polar surface area (TPSA) is 51.1 Å². The van der Waals surface area contributed by atoms with E-state index < -0.39 is 8.32 Å². The largest absolute Gasteiger partial charge is 0.415 e. The van der Waals surface area contributed by atoms with Crippen molar-refractivity contribution in [1.82, 2.24) is 4.90 Å². The van der Waals surface area contributed by atoms with Gasteiger partial charge in [-0.1, -0.05) is 68.4 Å². The fraction of sp³-hybridized carbons (Fsp3) is 0.440. The molecule has 2 aromatic carbocycles. The second-order valence-electron chi connectivity index (χ2n) is 9.65. The summed E-state index contributed by atoms with van der Waals surface area (Å²) in [6.45, 7) is 12.1. The van der Waals surface area contributed by atoms with E-state index in [2.05, 4.69) is 51.2 Å². The summed E-state index contributed by atoms with van der Waals surface area (Å²) in [6, 6.07) is 17.9. The van der Waals surface area contributed by atoms with Gasteiger partial charge in [0, 0.05) is 12.0 Å². The van der Waals surface area contributed by atoms with E-state index in [0.29, 0.717) is 25.1 Å². The highest BCUT2D eigenvalue weighted by atomic mass is 28.4. The maximum atomic E-state index is 13.4. The van der Waals surface area contributed by atoms with Gasteiger partial charge in [0.05, 0.1) is 24.9 Å². The molecular formula is C25H34N2O3Si. The molecule has 1 aliphatic heterocycles. The Hall–Kier alpha value is -2.44. The van der Waals surface area contributed by atoms with Crippen LogP contribution in [0.2, 0.25) is 18.1 Å². The van der Waals surface area contributed by atoms with Crippen LogP contribution < -0.4 is 0 Å². The van der Waals surface area contributed by atoms with E-state index >= 15 is 0 Å². The van der Waals surface area contributed by atoms with Gasteiger partial charge in [0.1, 0.15) is 7.11 Å². The molecule has 31 heavy (non-hydrogen) atoms. The van der Waals surface area contributed by atoms with E-state index in [9.17, 15) is 4.79 Å². The average Bonchev–Trinajstić information content (AvgIpc) is 3.15. The Morgan fingerprint density at radius 2 is 1.68 bits per heavy atom. The predicted octanol–water partition coefficient (Wildman–Crippen LogP) is 5.59. The first kappa shape index (κ1) is 23.2. The van der Waals surface area contributed by atoms with Crippen LogP contribution in [-0.4, -0.2) is 51.1 Å². The lowest BCUT2D eigenvalue weighted by atomic mass is 10.0. The molecule has 0 saturated carbocycles. The van der Waals surface area contributed by atoms with Crippen LogP contribution in [-0.2, 0) is 9.26 Å². The Bertz CT molecular complexity index is 918. The molecule has 0 radical (unpaired) electrons. The third kappa shape index (κ3) is 5.43. The molecule has 1 fully saturated rings. The summed E-state index contributed by atoms with van der Waals surface area (Å²) >= 11 is 0. The van der Waals surface area contributed by atoms with Gasteiger partial charge in [-0.2, -0.15) is 0 Å². The van der Waals surface area contributed by atoms with E-state index in [1.165, 1.54) is 0 Å². The minimum atomic E-state index is -1.91. The maximum Gasteiger partial charge on any atom is 0.254 e. The third-order valence-electron chi connectivity index (χ3n) is 6.43. The monoisotopic (exact) mass is 438 g/mol. The fourth-order valence-electron chi connectivity index (χ4n) is 3.48. The van der Waals surface area contributed by atoms with Crippen LogP contribution in [0.1, 0.15) is 37.6 Å². The lowest BCUT2D eigenvalue weighted by Gasteiger charge is -2.37. The number of carbonyl (C=O) groups is 1. The van der Waals surface area contributed by atoms with Crippen molar-refractivity contribution in [2.24, 2.45) is 5.16 Å². The van der Waals surface area contributed by atoms with E-state index in [-0.39, 0.29) is 17.0 Å². The van der Waals surface area contributed by atoms with Gasteiger partial charge < -0.3 is 14.2 Å². The van der Waals surface area contributed by atoms with Crippen molar-refractivity contribution < 1.29 is 14.1 Å². The van der Waals surface area contributed by atoms with Gasteiger partial charge in [-0.3, -0.25) is 4.79 Å². The number of hydrogen-bond donors (Lipinski definition) is 0. The molecule has 0 unspecified atom stereocenters. The summed E-state index contributed by atoms with van der Waals surface area (Å²) in [4.78, 5) is 20.2. The molecular weight excluding hydrogens is 404 g/mol. The zero-order chi connectivity index (χ0) is 22.6. The van der Waals surface area contributed by atoms with Crippen LogP contribution >= 0.6 is 0 Å². The van der Waals surface area contributed by atoms with Crippen molar-refractivity contribution in [3.63, 3.8) is 0 Å². The minimum Gasteiger partial charge on any atom is -0.415 e.